The van der Waals surface area contributed by atoms with E-state index < -0.39 is 23.6 Å². The van der Waals surface area contributed by atoms with Crippen LogP contribution in [0.5, 0.6) is 0 Å². The van der Waals surface area contributed by atoms with Crippen LogP contribution < -0.4 is 0 Å². The quantitative estimate of drug-likeness (QED) is 0.913. The number of fused-ring (bicyclic) bond motifs is 1. The second-order valence-electron chi connectivity index (χ2n) is 5.49. The zero-order valence-corrected chi connectivity index (χ0v) is 11.5. The van der Waals surface area contributed by atoms with Gasteiger partial charge in [-0.25, -0.2) is 4.79 Å². The summed E-state index contributed by atoms with van der Waals surface area (Å²) in [7, 11) is 0. The number of carbonyl (C=O) groups is 2. The largest absolute Gasteiger partial charge is 0.481 e. The zero-order chi connectivity index (χ0) is 14.9. The molecule has 0 bridgehead atoms. The van der Waals surface area contributed by atoms with Crippen molar-refractivity contribution >= 4 is 12.1 Å². The van der Waals surface area contributed by atoms with Crippen molar-refractivity contribution in [3.8, 4) is 0 Å². The number of hydrogen-bond donors (Lipinski definition) is 1. The summed E-state index contributed by atoms with van der Waals surface area (Å²) in [4.78, 5) is 25.0. The van der Waals surface area contributed by atoms with Crippen LogP contribution in [0.2, 0.25) is 0 Å². The Hall–Kier alpha value is -2.08. The van der Waals surface area contributed by atoms with Gasteiger partial charge in [0.15, 0.2) is 0 Å². The highest BCUT2D eigenvalue weighted by Gasteiger charge is 2.57. The lowest BCUT2D eigenvalue weighted by Gasteiger charge is -2.21. The van der Waals surface area contributed by atoms with Gasteiger partial charge >= 0.3 is 12.1 Å². The molecule has 0 radical (unpaired) electrons. The van der Waals surface area contributed by atoms with E-state index in [9.17, 15) is 14.7 Å². The first-order valence-corrected chi connectivity index (χ1v) is 6.92. The summed E-state index contributed by atoms with van der Waals surface area (Å²) in [5, 5.41) is 9.42. The molecule has 21 heavy (non-hydrogen) atoms. The minimum absolute atomic E-state index is 0.153. The van der Waals surface area contributed by atoms with Gasteiger partial charge in [-0.05, 0) is 12.0 Å². The van der Waals surface area contributed by atoms with E-state index in [1.54, 1.807) is 0 Å². The van der Waals surface area contributed by atoms with Crippen molar-refractivity contribution in [1.29, 1.82) is 0 Å². The summed E-state index contributed by atoms with van der Waals surface area (Å²) in [5.74, 6) is -0.900. The number of rotatable bonds is 3. The Kier molecular flexibility index (Phi) is 3.55. The number of aliphatic carboxylic acids is 1. The van der Waals surface area contributed by atoms with E-state index in [4.69, 9.17) is 9.47 Å². The molecule has 2 heterocycles. The molecule has 2 saturated heterocycles. The second kappa shape index (κ2) is 5.37. The molecule has 1 aromatic rings. The van der Waals surface area contributed by atoms with Crippen molar-refractivity contribution in [2.24, 2.45) is 5.41 Å². The molecule has 3 rings (SSSR count). The highest BCUT2D eigenvalue weighted by Crippen LogP contribution is 2.41. The van der Waals surface area contributed by atoms with Crippen molar-refractivity contribution in [3.05, 3.63) is 35.9 Å². The molecule has 112 valence electrons. The van der Waals surface area contributed by atoms with Gasteiger partial charge in [0, 0.05) is 13.2 Å². The van der Waals surface area contributed by atoms with Crippen LogP contribution in [0.1, 0.15) is 12.0 Å². The lowest BCUT2D eigenvalue weighted by Crippen LogP contribution is -2.39. The Labute approximate surface area is 122 Å². The van der Waals surface area contributed by atoms with Crippen LogP contribution >= 0.6 is 0 Å². The molecule has 0 saturated carbocycles. The Morgan fingerprint density at radius 2 is 2.14 bits per heavy atom. The van der Waals surface area contributed by atoms with Gasteiger partial charge in [0.1, 0.15) is 12.0 Å². The molecular formula is C15H17NO5. The standard InChI is InChI=1S/C15H17NO5/c17-13(18)15-6-7-20-12(15)8-16(10-15)14(19)21-9-11-4-2-1-3-5-11/h1-5,12H,6-10H2,(H,17,18)/t12-,15-/m0/s1. The third-order valence-corrected chi connectivity index (χ3v) is 4.23. The van der Waals surface area contributed by atoms with E-state index in [1.165, 1.54) is 4.90 Å². The minimum Gasteiger partial charge on any atom is -0.481 e. The number of nitrogens with zero attached hydrogens (tertiary/aromatic N) is 1. The van der Waals surface area contributed by atoms with Gasteiger partial charge in [-0.3, -0.25) is 4.79 Å². The highest BCUT2D eigenvalue weighted by molar-refractivity contribution is 5.79. The lowest BCUT2D eigenvalue weighted by molar-refractivity contribution is -0.149. The van der Waals surface area contributed by atoms with E-state index in [1.807, 2.05) is 30.3 Å². The number of carboxylic acid groups (broad SMARTS) is 1. The van der Waals surface area contributed by atoms with E-state index in [-0.39, 0.29) is 19.7 Å². The van der Waals surface area contributed by atoms with E-state index >= 15 is 0 Å². The molecule has 2 fully saturated rings. The fourth-order valence-corrected chi connectivity index (χ4v) is 2.98. The zero-order valence-electron chi connectivity index (χ0n) is 11.5. The third-order valence-electron chi connectivity index (χ3n) is 4.23. The summed E-state index contributed by atoms with van der Waals surface area (Å²) >= 11 is 0. The predicted molar refractivity (Wildman–Crippen MR) is 72.6 cm³/mol. The van der Waals surface area contributed by atoms with Crippen LogP contribution in [0.3, 0.4) is 0 Å². The second-order valence-corrected chi connectivity index (χ2v) is 5.49. The SMILES string of the molecule is O=C(OCc1ccccc1)N1C[C@@H]2OCC[C@]2(C(=O)O)C1. The predicted octanol–water partition coefficient (Wildman–Crippen LogP) is 1.50. The normalized spacial score (nSPS) is 27.4. The summed E-state index contributed by atoms with van der Waals surface area (Å²) in [6.45, 7) is 1.05. The number of benzene rings is 1. The molecule has 0 aromatic heterocycles. The lowest BCUT2D eigenvalue weighted by atomic mass is 9.84. The maximum Gasteiger partial charge on any atom is 0.410 e. The summed E-state index contributed by atoms with van der Waals surface area (Å²) in [6, 6.07) is 9.37. The van der Waals surface area contributed by atoms with E-state index in [0.717, 1.165) is 5.56 Å². The molecule has 2 atom stereocenters. The number of likely N-dealkylation sites (tertiary alicyclic amines) is 1. The molecule has 0 aliphatic carbocycles. The fourth-order valence-electron chi connectivity index (χ4n) is 2.98. The Balaban J connectivity index is 1.61. The van der Waals surface area contributed by atoms with Gasteiger partial charge in [0.25, 0.3) is 0 Å². The maximum absolute atomic E-state index is 12.1. The minimum atomic E-state index is -0.967. The summed E-state index contributed by atoms with van der Waals surface area (Å²) in [6.07, 6.45) is -0.480. The number of amides is 1. The molecule has 6 heteroatoms. The number of ether oxygens (including phenoxy) is 2. The molecule has 0 spiro atoms. The molecule has 2 aliphatic rings. The summed E-state index contributed by atoms with van der Waals surface area (Å²) < 4.78 is 10.7. The van der Waals surface area contributed by atoms with Gasteiger partial charge in [0.2, 0.25) is 0 Å². The first kappa shape index (κ1) is 13.9. The molecule has 6 nitrogen and oxygen atoms in total. The molecule has 2 aliphatic heterocycles. The number of carbonyl (C=O) groups excluding carboxylic acids is 1. The third kappa shape index (κ3) is 2.47. The van der Waals surface area contributed by atoms with Crippen molar-refractivity contribution in [1.82, 2.24) is 4.90 Å². The maximum atomic E-state index is 12.1. The van der Waals surface area contributed by atoms with E-state index in [2.05, 4.69) is 0 Å². The highest BCUT2D eigenvalue weighted by atomic mass is 16.6. The Bertz CT molecular complexity index is 546. The van der Waals surface area contributed by atoms with Gasteiger partial charge in [0.05, 0.1) is 12.6 Å². The fraction of sp³-hybridized carbons (Fsp3) is 0.467. The van der Waals surface area contributed by atoms with Gasteiger partial charge < -0.3 is 19.5 Å². The average Bonchev–Trinajstić information content (AvgIpc) is 3.03. The van der Waals surface area contributed by atoms with Gasteiger partial charge in [-0.2, -0.15) is 0 Å². The first-order chi connectivity index (χ1) is 10.1. The van der Waals surface area contributed by atoms with Gasteiger partial charge in [-0.1, -0.05) is 30.3 Å². The molecule has 1 N–H and O–H groups in total. The smallest absolute Gasteiger partial charge is 0.410 e. The Morgan fingerprint density at radius 3 is 2.81 bits per heavy atom. The Morgan fingerprint density at radius 1 is 1.38 bits per heavy atom. The van der Waals surface area contributed by atoms with Crippen LogP contribution in [-0.4, -0.2) is 47.9 Å². The van der Waals surface area contributed by atoms with Crippen LogP contribution in [0.15, 0.2) is 30.3 Å². The molecule has 1 aromatic carbocycles. The van der Waals surface area contributed by atoms with E-state index in [0.29, 0.717) is 13.0 Å². The first-order valence-electron chi connectivity index (χ1n) is 6.92. The number of carboxylic acids is 1. The topological polar surface area (TPSA) is 76.1 Å². The van der Waals surface area contributed by atoms with Crippen molar-refractivity contribution < 1.29 is 24.2 Å². The monoisotopic (exact) mass is 291 g/mol. The van der Waals surface area contributed by atoms with Crippen LogP contribution in [0.25, 0.3) is 0 Å². The molecule has 1 amide bonds. The van der Waals surface area contributed by atoms with Gasteiger partial charge in [-0.15, -0.1) is 0 Å². The summed E-state index contributed by atoms with van der Waals surface area (Å²) in [5.41, 5.74) is -0.0689. The van der Waals surface area contributed by atoms with Crippen LogP contribution in [-0.2, 0) is 20.9 Å². The number of hydrogen-bond acceptors (Lipinski definition) is 4. The van der Waals surface area contributed by atoms with Crippen LogP contribution in [0.4, 0.5) is 4.79 Å². The van der Waals surface area contributed by atoms with Crippen molar-refractivity contribution in [3.63, 3.8) is 0 Å². The average molecular weight is 291 g/mol. The molecular weight excluding hydrogens is 274 g/mol. The van der Waals surface area contributed by atoms with Crippen molar-refractivity contribution in [2.45, 2.75) is 19.1 Å². The van der Waals surface area contributed by atoms with Crippen LogP contribution in [0, 0.1) is 5.41 Å². The molecule has 0 unspecified atom stereocenters. The van der Waals surface area contributed by atoms with Crippen molar-refractivity contribution in [2.75, 3.05) is 19.7 Å².